The van der Waals surface area contributed by atoms with Crippen molar-refractivity contribution in [3.05, 3.63) is 72.0 Å². The van der Waals surface area contributed by atoms with E-state index in [1.807, 2.05) is 0 Å². The van der Waals surface area contributed by atoms with Crippen LogP contribution in [0.2, 0.25) is 5.28 Å². The molecule has 1 heterocycles. The topological polar surface area (TPSA) is 379 Å². The van der Waals surface area contributed by atoms with Gasteiger partial charge in [-0.15, -0.1) is 14.6 Å². The maximum atomic E-state index is 12.9. The molecule has 326 valence electrons. The average Bonchev–Trinajstić information content (AvgIpc) is 3.15. The third-order valence-electron chi connectivity index (χ3n) is 7.69. The van der Waals surface area contributed by atoms with Crippen LogP contribution in [0.3, 0.4) is 0 Å². The van der Waals surface area contributed by atoms with E-state index in [1.165, 1.54) is 53.4 Å². The van der Waals surface area contributed by atoms with Crippen molar-refractivity contribution in [1.29, 1.82) is 0 Å². The predicted molar refractivity (Wildman–Crippen MR) is 215 cm³/mol. The van der Waals surface area contributed by atoms with Crippen molar-refractivity contribution in [2.45, 2.75) is 26.5 Å². The Morgan fingerprint density at radius 2 is 1.59 bits per heavy atom. The molecule has 25 nitrogen and oxygen atoms in total. The third-order valence-corrected chi connectivity index (χ3v) is 12.3. The van der Waals surface area contributed by atoms with Gasteiger partial charge in [-0.1, -0.05) is 11.1 Å². The summed E-state index contributed by atoms with van der Waals surface area (Å²) in [4.78, 5) is 24.0. The van der Waals surface area contributed by atoms with E-state index in [9.17, 15) is 47.6 Å². The number of halogens is 1. The fourth-order valence-electron chi connectivity index (χ4n) is 5.26. The van der Waals surface area contributed by atoms with Gasteiger partial charge < -0.3 is 21.3 Å². The van der Waals surface area contributed by atoms with Crippen LogP contribution in [0.4, 0.5) is 45.1 Å². The van der Waals surface area contributed by atoms with E-state index in [2.05, 4.69) is 49.4 Å². The van der Waals surface area contributed by atoms with Crippen LogP contribution in [0.25, 0.3) is 10.8 Å². The molecule has 0 spiro atoms. The number of anilines is 5. The first-order valence-corrected chi connectivity index (χ1v) is 23.2. The Morgan fingerprint density at radius 1 is 0.885 bits per heavy atom. The van der Waals surface area contributed by atoms with Crippen LogP contribution >= 0.6 is 23.6 Å². The van der Waals surface area contributed by atoms with E-state index in [1.54, 1.807) is 6.92 Å². The SMILES string of the molecule is CCN(c1cccc(S(=O)(=O)CCOS(=O)(=O)O)c1)c1nc(Cl)nc(Nc2ccc(/N=N/c3cc4c(S(=O)(=O)O)cc(SOOO)cc4cc3S(=O)(=O)O)c(NC(N)=O)c2)n1. The van der Waals surface area contributed by atoms with Gasteiger partial charge in [0.25, 0.3) is 20.2 Å². The molecule has 8 N–H and O–H groups in total. The molecule has 5 rings (SSSR count). The number of sulfone groups is 1. The van der Waals surface area contributed by atoms with Gasteiger partial charge in [0.05, 0.1) is 35.0 Å². The number of fused-ring (bicyclic) bond motifs is 1. The van der Waals surface area contributed by atoms with Gasteiger partial charge in [0, 0.05) is 28.2 Å². The second-order valence-electron chi connectivity index (χ2n) is 11.7. The highest BCUT2D eigenvalue weighted by atomic mass is 35.5. The summed E-state index contributed by atoms with van der Waals surface area (Å²) >= 11 is 6.53. The number of hydrogen-bond donors (Lipinski definition) is 7. The van der Waals surface area contributed by atoms with Gasteiger partial charge in [0.15, 0.2) is 9.84 Å². The van der Waals surface area contributed by atoms with Crippen LogP contribution in [-0.2, 0) is 54.0 Å². The molecule has 0 fully saturated rings. The Kier molecular flexibility index (Phi) is 14.4. The molecule has 0 aliphatic rings. The summed E-state index contributed by atoms with van der Waals surface area (Å²) in [5, 5.41) is 24.2. The highest BCUT2D eigenvalue weighted by Crippen LogP contribution is 2.38. The van der Waals surface area contributed by atoms with Crippen molar-refractivity contribution in [3.63, 3.8) is 0 Å². The molecule has 0 atom stereocenters. The number of carbonyl (C=O) groups excluding carboxylic acids is 1. The number of benzene rings is 4. The lowest BCUT2D eigenvalue weighted by molar-refractivity contribution is -0.432. The zero-order valence-electron chi connectivity index (χ0n) is 30.3. The number of nitrogens with one attached hydrogen (secondary N) is 2. The van der Waals surface area contributed by atoms with Crippen molar-refractivity contribution in [2.75, 3.05) is 34.4 Å². The molecule has 0 bridgehead atoms. The number of carbonyl (C=O) groups is 1. The number of nitrogens with zero attached hydrogens (tertiary/aromatic N) is 6. The van der Waals surface area contributed by atoms with E-state index >= 15 is 0 Å². The fourth-order valence-corrected chi connectivity index (χ4v) is 8.83. The summed E-state index contributed by atoms with van der Waals surface area (Å²) in [7, 11) is -19.1. The van der Waals surface area contributed by atoms with Crippen LogP contribution < -0.4 is 21.3 Å². The molecule has 0 unspecified atom stereocenters. The fraction of sp³-hybridized carbons (Fsp3) is 0.133. The summed E-state index contributed by atoms with van der Waals surface area (Å²) < 4.78 is 134. The monoisotopic (exact) mass is 965 g/mol. The quantitative estimate of drug-likeness (QED) is 0.0200. The van der Waals surface area contributed by atoms with Gasteiger partial charge in [0.2, 0.25) is 17.2 Å². The standard InChI is InChI=1S/C30H28ClN9O16S5/c1-2-40(18-4-3-5-20(13-18)58(43,44)9-8-54-61(51,52)53)30-36-27(31)35-29(37-30)33-17-6-7-22(23(12-17)34-28(32)41)38-39-24-15-21-16(11-26(24)60(48,49)50)10-19(57-56-55-42)14-25(21)59(45,46)47/h3-7,10-15,42H,2,8-9H2,1H3,(H3,32,34,41)(H,45,46,47)(H,48,49,50)(H,51,52,53)(H,33,35,36,37)/b39-38+. The van der Waals surface area contributed by atoms with Crippen molar-refractivity contribution in [2.24, 2.45) is 16.0 Å². The van der Waals surface area contributed by atoms with Crippen LogP contribution in [0.5, 0.6) is 0 Å². The van der Waals surface area contributed by atoms with Crippen LogP contribution in [-0.4, -0.2) is 92.5 Å². The largest absolute Gasteiger partial charge is 0.397 e. The Bertz CT molecular complexity index is 3000. The Balaban J connectivity index is 1.49. The van der Waals surface area contributed by atoms with Crippen molar-refractivity contribution in [1.82, 2.24) is 15.0 Å². The normalized spacial score (nSPS) is 12.5. The number of primary amides is 1. The summed E-state index contributed by atoms with van der Waals surface area (Å²) in [6, 6.07) is 12.1. The van der Waals surface area contributed by atoms with Crippen molar-refractivity contribution in [3.8, 4) is 0 Å². The highest BCUT2D eigenvalue weighted by Gasteiger charge is 2.24. The lowest BCUT2D eigenvalue weighted by Gasteiger charge is -2.22. The zero-order chi connectivity index (χ0) is 44.9. The van der Waals surface area contributed by atoms with Gasteiger partial charge in [0.1, 0.15) is 21.2 Å². The summed E-state index contributed by atoms with van der Waals surface area (Å²) in [5.41, 5.74) is 4.86. The number of nitrogens with two attached hydrogens (primary N) is 1. The molecule has 2 amide bonds. The molecule has 0 aliphatic carbocycles. The van der Waals surface area contributed by atoms with E-state index in [0.717, 1.165) is 18.2 Å². The average molecular weight is 966 g/mol. The van der Waals surface area contributed by atoms with Gasteiger partial charge in [-0.05, 0) is 84.6 Å². The second kappa shape index (κ2) is 18.8. The zero-order valence-corrected chi connectivity index (χ0v) is 35.2. The molecule has 0 aliphatic heterocycles. The summed E-state index contributed by atoms with van der Waals surface area (Å²) in [6.07, 6.45) is 0. The van der Waals surface area contributed by atoms with Gasteiger partial charge >= 0.3 is 16.4 Å². The van der Waals surface area contributed by atoms with Crippen molar-refractivity contribution >= 4 is 121 Å². The number of hydrogen-bond acceptors (Lipinski definition) is 21. The molecular weight excluding hydrogens is 938 g/mol. The first-order valence-electron chi connectivity index (χ1n) is 16.2. The molecule has 0 saturated carbocycles. The number of aromatic nitrogens is 3. The third kappa shape index (κ3) is 12.4. The molecule has 31 heteroatoms. The first-order chi connectivity index (χ1) is 28.5. The molecule has 1 aromatic heterocycles. The molecular formula is C30H28ClN9O16S5. The highest BCUT2D eigenvalue weighted by molar-refractivity contribution is 7.94. The lowest BCUT2D eigenvalue weighted by Crippen LogP contribution is -2.21. The second-order valence-corrected chi connectivity index (χ2v) is 18.8. The molecule has 5 aromatic rings. The maximum Gasteiger partial charge on any atom is 0.397 e. The Hall–Kier alpha value is -5.22. The van der Waals surface area contributed by atoms with E-state index < -0.39 is 74.3 Å². The Labute approximate surface area is 354 Å². The predicted octanol–water partition coefficient (Wildman–Crippen LogP) is 5.00. The van der Waals surface area contributed by atoms with E-state index in [0.29, 0.717) is 12.0 Å². The maximum absolute atomic E-state index is 12.9. The summed E-state index contributed by atoms with van der Waals surface area (Å²) in [6.45, 7) is 1.000. The number of rotatable bonds is 18. The van der Waals surface area contributed by atoms with Crippen LogP contribution in [0.1, 0.15) is 6.92 Å². The lowest BCUT2D eigenvalue weighted by atomic mass is 10.1. The van der Waals surface area contributed by atoms with E-state index in [4.69, 9.17) is 27.1 Å². The van der Waals surface area contributed by atoms with Gasteiger partial charge in [-0.25, -0.2) is 22.7 Å². The number of azo groups is 1. The smallest absolute Gasteiger partial charge is 0.351 e. The molecule has 61 heavy (non-hydrogen) atoms. The molecule has 0 saturated heterocycles. The first kappa shape index (κ1) is 46.8. The van der Waals surface area contributed by atoms with Crippen molar-refractivity contribution < 1.29 is 70.9 Å². The minimum atomic E-state index is -5.09. The number of amides is 2. The minimum Gasteiger partial charge on any atom is -0.351 e. The Morgan fingerprint density at radius 3 is 2.23 bits per heavy atom. The molecule has 0 radical (unpaired) electrons. The van der Waals surface area contributed by atoms with Crippen LogP contribution in [0, 0.1) is 0 Å². The summed E-state index contributed by atoms with van der Waals surface area (Å²) in [5.74, 6) is -1.02. The van der Waals surface area contributed by atoms with Gasteiger partial charge in [-0.2, -0.15) is 40.2 Å². The van der Waals surface area contributed by atoms with Gasteiger partial charge in [-0.3, -0.25) is 13.7 Å². The molecule has 4 aromatic carbocycles. The van der Waals surface area contributed by atoms with E-state index in [-0.39, 0.29) is 67.0 Å². The minimum absolute atomic E-state index is 0.0696. The van der Waals surface area contributed by atoms with Crippen LogP contribution in [0.15, 0.2) is 96.5 Å². The number of urea groups is 1.